The van der Waals surface area contributed by atoms with Crippen LogP contribution in [0.1, 0.15) is 61.3 Å². The van der Waals surface area contributed by atoms with Crippen molar-refractivity contribution < 1.29 is 14.4 Å². The van der Waals surface area contributed by atoms with Crippen molar-refractivity contribution in [2.75, 3.05) is 6.54 Å². The second-order valence-corrected chi connectivity index (χ2v) is 7.12. The summed E-state index contributed by atoms with van der Waals surface area (Å²) >= 11 is 0. The molecule has 0 saturated carbocycles. The van der Waals surface area contributed by atoms with Crippen LogP contribution >= 0.6 is 0 Å². The molecule has 0 saturated heterocycles. The first-order chi connectivity index (χ1) is 10.1. The predicted octanol–water partition coefficient (Wildman–Crippen LogP) is 3.04. The molecule has 2 unspecified atom stereocenters. The number of rotatable bonds is 11. The Morgan fingerprint density at radius 1 is 0.818 bits per heavy atom. The van der Waals surface area contributed by atoms with Gasteiger partial charge in [0.15, 0.2) is 0 Å². The van der Waals surface area contributed by atoms with Gasteiger partial charge in [-0.1, -0.05) is 41.5 Å². The Bertz CT molecular complexity index is 386. The lowest BCUT2D eigenvalue weighted by Crippen LogP contribution is -2.38. The fourth-order valence-electron chi connectivity index (χ4n) is 2.30. The van der Waals surface area contributed by atoms with Gasteiger partial charge in [0.1, 0.15) is 17.3 Å². The van der Waals surface area contributed by atoms with Gasteiger partial charge < -0.3 is 5.32 Å². The van der Waals surface area contributed by atoms with Gasteiger partial charge in [0.25, 0.3) is 0 Å². The summed E-state index contributed by atoms with van der Waals surface area (Å²) in [5.41, 5.74) is 0. The monoisotopic (exact) mass is 311 g/mol. The molecular weight excluding hydrogens is 278 g/mol. The van der Waals surface area contributed by atoms with Gasteiger partial charge in [-0.05, 0) is 12.8 Å². The van der Waals surface area contributed by atoms with Crippen LogP contribution in [0.3, 0.4) is 0 Å². The van der Waals surface area contributed by atoms with Gasteiger partial charge in [-0.3, -0.25) is 14.4 Å². The van der Waals surface area contributed by atoms with Crippen LogP contribution in [0.5, 0.6) is 0 Å². The summed E-state index contributed by atoms with van der Waals surface area (Å²) in [6, 6.07) is -0.318. The van der Waals surface area contributed by atoms with E-state index in [0.717, 1.165) is 0 Å². The quantitative estimate of drug-likeness (QED) is 0.637. The molecule has 0 amide bonds. The molecule has 0 fully saturated rings. The molecule has 2 atom stereocenters. The van der Waals surface area contributed by atoms with E-state index >= 15 is 0 Å². The molecule has 0 heterocycles. The predicted molar refractivity (Wildman–Crippen MR) is 89.7 cm³/mol. The zero-order valence-corrected chi connectivity index (χ0v) is 15.2. The Hall–Kier alpha value is -1.03. The summed E-state index contributed by atoms with van der Waals surface area (Å²) in [5, 5.41) is 3.10. The van der Waals surface area contributed by atoms with Crippen molar-refractivity contribution >= 4 is 17.3 Å². The van der Waals surface area contributed by atoms with E-state index in [0.29, 0.717) is 13.0 Å². The van der Waals surface area contributed by atoms with Crippen LogP contribution in [0, 0.1) is 23.7 Å². The second kappa shape index (κ2) is 9.88. The summed E-state index contributed by atoms with van der Waals surface area (Å²) < 4.78 is 0. The van der Waals surface area contributed by atoms with E-state index in [1.807, 2.05) is 41.5 Å². The third-order valence-corrected chi connectivity index (χ3v) is 4.11. The van der Waals surface area contributed by atoms with Crippen LogP contribution in [0.15, 0.2) is 0 Å². The minimum Gasteiger partial charge on any atom is -0.307 e. The molecule has 0 aliphatic rings. The van der Waals surface area contributed by atoms with E-state index in [4.69, 9.17) is 0 Å². The molecule has 22 heavy (non-hydrogen) atoms. The third kappa shape index (κ3) is 7.30. The minimum absolute atomic E-state index is 0.0294. The van der Waals surface area contributed by atoms with Crippen molar-refractivity contribution in [3.05, 3.63) is 0 Å². The molecule has 4 nitrogen and oxygen atoms in total. The average molecular weight is 311 g/mol. The van der Waals surface area contributed by atoms with Gasteiger partial charge in [0.05, 0.1) is 6.04 Å². The molecule has 1 N–H and O–H groups in total. The van der Waals surface area contributed by atoms with E-state index in [1.54, 1.807) is 6.92 Å². The molecule has 0 radical (unpaired) electrons. The van der Waals surface area contributed by atoms with E-state index in [-0.39, 0.29) is 53.5 Å². The first-order valence-electron chi connectivity index (χ1n) is 8.40. The van der Waals surface area contributed by atoms with Gasteiger partial charge in [-0.15, -0.1) is 0 Å². The molecule has 0 aromatic rings. The Morgan fingerprint density at radius 3 is 1.77 bits per heavy atom. The van der Waals surface area contributed by atoms with Gasteiger partial charge in [0.2, 0.25) is 0 Å². The maximum atomic E-state index is 12.3. The van der Waals surface area contributed by atoms with Crippen molar-refractivity contribution in [2.45, 2.75) is 67.3 Å². The Labute approximate surface area is 135 Å². The van der Waals surface area contributed by atoms with Crippen LogP contribution in [0.2, 0.25) is 0 Å². The molecule has 0 aromatic carbocycles. The van der Waals surface area contributed by atoms with Crippen LogP contribution < -0.4 is 5.32 Å². The molecule has 128 valence electrons. The van der Waals surface area contributed by atoms with Crippen molar-refractivity contribution in [2.24, 2.45) is 23.7 Å². The molecule has 0 rings (SSSR count). The van der Waals surface area contributed by atoms with E-state index in [1.165, 1.54) is 0 Å². The van der Waals surface area contributed by atoms with Gasteiger partial charge >= 0.3 is 0 Å². The van der Waals surface area contributed by atoms with Gasteiger partial charge in [-0.25, -0.2) is 0 Å². The normalized spacial score (nSPS) is 14.5. The van der Waals surface area contributed by atoms with Crippen molar-refractivity contribution in [3.8, 4) is 0 Å². The molecule has 0 aliphatic carbocycles. The van der Waals surface area contributed by atoms with Crippen LogP contribution in [-0.4, -0.2) is 29.9 Å². The first-order valence-corrected chi connectivity index (χ1v) is 8.40. The van der Waals surface area contributed by atoms with Crippen molar-refractivity contribution in [1.29, 1.82) is 0 Å². The molecule has 0 aromatic heterocycles. The number of carbonyl (C=O) groups is 3. The molecule has 0 spiro atoms. The Balaban J connectivity index is 4.43. The Kier molecular flexibility index (Phi) is 9.42. The third-order valence-electron chi connectivity index (χ3n) is 4.11. The number of hydrogen-bond acceptors (Lipinski definition) is 4. The number of nitrogens with one attached hydrogen (secondary N) is 1. The average Bonchev–Trinajstić information content (AvgIpc) is 2.42. The fraction of sp³-hybridized carbons (Fsp3) is 0.833. The van der Waals surface area contributed by atoms with Crippen LogP contribution in [0.25, 0.3) is 0 Å². The Morgan fingerprint density at radius 2 is 1.36 bits per heavy atom. The summed E-state index contributed by atoms with van der Waals surface area (Å²) in [6.07, 6.45) is 0.717. The summed E-state index contributed by atoms with van der Waals surface area (Å²) in [7, 11) is 0. The lowest BCUT2D eigenvalue weighted by atomic mass is 9.82. The maximum Gasteiger partial charge on any atom is 0.150 e. The lowest BCUT2D eigenvalue weighted by molar-refractivity contribution is -0.132. The molecule has 0 bridgehead atoms. The van der Waals surface area contributed by atoms with Gasteiger partial charge in [-0.2, -0.15) is 0 Å². The van der Waals surface area contributed by atoms with Crippen LogP contribution in [-0.2, 0) is 14.4 Å². The van der Waals surface area contributed by atoms with E-state index < -0.39 is 0 Å². The first kappa shape index (κ1) is 21.0. The zero-order chi connectivity index (χ0) is 17.4. The van der Waals surface area contributed by atoms with Crippen molar-refractivity contribution in [1.82, 2.24) is 5.32 Å². The number of Topliss-reactive ketones (excluding diaryl/α,β-unsaturated/α-hetero) is 3. The number of ketones is 3. The van der Waals surface area contributed by atoms with Crippen LogP contribution in [0.4, 0.5) is 0 Å². The lowest BCUT2D eigenvalue weighted by Gasteiger charge is -2.23. The largest absolute Gasteiger partial charge is 0.307 e. The number of hydrogen-bond donors (Lipinski definition) is 1. The standard InChI is InChI=1S/C18H33NO3/c1-11(2)15(18(22)13(5)6)10-17(21)14(7)19-9-8-16(20)12(3)4/h11-15,19H,8-10H2,1-7H3. The SMILES string of the molecule is CC(C)C(=O)CCNC(C)C(=O)CC(C(=O)C(C)C)C(C)C. The smallest absolute Gasteiger partial charge is 0.150 e. The zero-order valence-electron chi connectivity index (χ0n) is 15.2. The highest BCUT2D eigenvalue weighted by molar-refractivity contribution is 5.91. The van der Waals surface area contributed by atoms with E-state index in [9.17, 15) is 14.4 Å². The minimum atomic E-state index is -0.318. The fourth-order valence-corrected chi connectivity index (χ4v) is 2.30. The highest BCUT2D eigenvalue weighted by atomic mass is 16.1. The van der Waals surface area contributed by atoms with Crippen molar-refractivity contribution in [3.63, 3.8) is 0 Å². The summed E-state index contributed by atoms with van der Waals surface area (Å²) in [5.74, 6) is 0.328. The summed E-state index contributed by atoms with van der Waals surface area (Å²) in [4.78, 5) is 36.1. The summed E-state index contributed by atoms with van der Waals surface area (Å²) in [6.45, 7) is 13.8. The maximum absolute atomic E-state index is 12.3. The highest BCUT2D eigenvalue weighted by Gasteiger charge is 2.28. The van der Waals surface area contributed by atoms with E-state index in [2.05, 4.69) is 5.32 Å². The van der Waals surface area contributed by atoms with Gasteiger partial charge in [0, 0.05) is 37.1 Å². The topological polar surface area (TPSA) is 63.2 Å². The molecular formula is C18H33NO3. The molecule has 0 aliphatic heterocycles. The highest BCUT2D eigenvalue weighted by Crippen LogP contribution is 2.21. The number of carbonyl (C=O) groups excluding carboxylic acids is 3. The second-order valence-electron chi connectivity index (χ2n) is 7.12. The molecule has 4 heteroatoms.